The van der Waals surface area contributed by atoms with E-state index in [0.29, 0.717) is 31.0 Å². The van der Waals surface area contributed by atoms with Crippen molar-refractivity contribution in [1.29, 1.82) is 0 Å². The van der Waals surface area contributed by atoms with E-state index >= 15 is 0 Å². The summed E-state index contributed by atoms with van der Waals surface area (Å²) in [7, 11) is 0. The molecule has 3 aliphatic heterocycles. The van der Waals surface area contributed by atoms with E-state index < -0.39 is 17.3 Å². The number of carbonyl (C=O) groups excluding carboxylic acids is 1. The first-order chi connectivity index (χ1) is 18.2. The van der Waals surface area contributed by atoms with Gasteiger partial charge in [0, 0.05) is 64.2 Å². The minimum Gasteiger partial charge on any atom is -0.441 e. The molecule has 0 aromatic heterocycles. The predicted molar refractivity (Wildman–Crippen MR) is 142 cm³/mol. The molecule has 1 aromatic rings. The third-order valence-corrected chi connectivity index (χ3v) is 9.21. The van der Waals surface area contributed by atoms with Gasteiger partial charge in [-0.25, -0.2) is 4.79 Å². The van der Waals surface area contributed by atoms with Gasteiger partial charge >= 0.3 is 12.3 Å². The standard InChI is InChI=1S/C28H38F3N3O3S/c29-28(30,31)23-7-3-20(4-8-23)17-33-13-11-27(12-14-33)19-34(26(35)37-27)18-21-1-5-22(6-2-21)25(38)32-24-9-15-36-16-10-24/h3-4,7-8,21-22,24H,1-2,5-6,9-19H2,(H,32,38)/t21-,22-. The molecule has 0 atom stereocenters. The monoisotopic (exact) mass is 553 g/mol. The number of ether oxygens (including phenoxy) is 2. The van der Waals surface area contributed by atoms with E-state index in [9.17, 15) is 18.0 Å². The van der Waals surface area contributed by atoms with Crippen LogP contribution in [0.15, 0.2) is 24.3 Å². The minimum absolute atomic E-state index is 0.208. The van der Waals surface area contributed by atoms with E-state index in [0.717, 1.165) is 107 Å². The first-order valence-electron chi connectivity index (χ1n) is 13.9. The summed E-state index contributed by atoms with van der Waals surface area (Å²) in [5.74, 6) is 0.898. The van der Waals surface area contributed by atoms with Crippen molar-refractivity contribution in [2.75, 3.05) is 39.4 Å². The number of piperidine rings is 1. The summed E-state index contributed by atoms with van der Waals surface area (Å²) in [6, 6.07) is 5.81. The topological polar surface area (TPSA) is 54.0 Å². The summed E-state index contributed by atoms with van der Waals surface area (Å²) in [6.45, 7) is 5.08. The molecule has 1 amide bonds. The van der Waals surface area contributed by atoms with Gasteiger partial charge in [-0.15, -0.1) is 0 Å². The largest absolute Gasteiger partial charge is 0.441 e. The lowest BCUT2D eigenvalue weighted by Crippen LogP contribution is -2.47. The van der Waals surface area contributed by atoms with E-state index in [1.807, 2.05) is 4.90 Å². The number of alkyl halides is 3. The number of benzene rings is 1. The lowest BCUT2D eigenvalue weighted by atomic mass is 9.81. The molecule has 1 spiro atoms. The SMILES string of the molecule is O=C1OC2(CCN(Cc3ccc(C(F)(F)F)cc3)CC2)CN1C[C@H]1CC[C@H](C(=S)NC2CCOCC2)CC1. The maximum atomic E-state index is 12.8. The molecule has 1 aliphatic carbocycles. The highest BCUT2D eigenvalue weighted by Crippen LogP contribution is 2.37. The highest BCUT2D eigenvalue weighted by atomic mass is 32.1. The molecular formula is C28H38F3N3O3S. The van der Waals surface area contributed by atoms with Crippen molar-refractivity contribution in [2.45, 2.75) is 75.7 Å². The fourth-order valence-corrected chi connectivity index (χ4v) is 6.75. The Morgan fingerprint density at radius 1 is 1.03 bits per heavy atom. The molecule has 3 saturated heterocycles. The van der Waals surface area contributed by atoms with Gasteiger partial charge < -0.3 is 19.7 Å². The summed E-state index contributed by atoms with van der Waals surface area (Å²) >= 11 is 5.72. The lowest BCUT2D eigenvalue weighted by Gasteiger charge is -2.37. The van der Waals surface area contributed by atoms with Crippen LogP contribution in [0.1, 0.15) is 62.5 Å². The molecule has 1 N–H and O–H groups in total. The summed E-state index contributed by atoms with van der Waals surface area (Å²) < 4.78 is 49.8. The molecule has 5 rings (SSSR count). The van der Waals surface area contributed by atoms with Gasteiger partial charge in [0.1, 0.15) is 5.60 Å². The molecule has 0 radical (unpaired) electrons. The number of halogens is 3. The van der Waals surface area contributed by atoms with Crippen LogP contribution in [0.25, 0.3) is 0 Å². The number of nitrogens with zero attached hydrogens (tertiary/aromatic N) is 2. The van der Waals surface area contributed by atoms with Crippen LogP contribution in [0, 0.1) is 11.8 Å². The summed E-state index contributed by atoms with van der Waals surface area (Å²) in [4.78, 5) is 17.9. The van der Waals surface area contributed by atoms with Crippen molar-refractivity contribution in [2.24, 2.45) is 11.8 Å². The van der Waals surface area contributed by atoms with E-state index in [-0.39, 0.29) is 6.09 Å². The number of nitrogens with one attached hydrogen (secondary N) is 1. The van der Waals surface area contributed by atoms with Gasteiger partial charge in [0.15, 0.2) is 0 Å². The molecular weight excluding hydrogens is 515 g/mol. The number of carbonyl (C=O) groups is 1. The van der Waals surface area contributed by atoms with Gasteiger partial charge in [0.2, 0.25) is 0 Å². The van der Waals surface area contributed by atoms with Crippen LogP contribution < -0.4 is 5.32 Å². The van der Waals surface area contributed by atoms with Gasteiger partial charge in [-0.1, -0.05) is 24.4 Å². The van der Waals surface area contributed by atoms with Crippen molar-refractivity contribution in [3.05, 3.63) is 35.4 Å². The second-order valence-electron chi connectivity index (χ2n) is 11.5. The average Bonchev–Trinajstić information content (AvgIpc) is 3.20. The summed E-state index contributed by atoms with van der Waals surface area (Å²) in [6.07, 6.45) is 3.25. The molecule has 6 nitrogen and oxygen atoms in total. The third-order valence-electron chi connectivity index (χ3n) is 8.76. The van der Waals surface area contributed by atoms with Crippen LogP contribution in [0.4, 0.5) is 18.0 Å². The number of thiocarbonyl (C=S) groups is 1. The number of hydrogen-bond donors (Lipinski definition) is 1. The maximum Gasteiger partial charge on any atom is 0.416 e. The number of rotatable bonds is 6. The molecule has 1 saturated carbocycles. The van der Waals surface area contributed by atoms with Gasteiger partial charge in [-0.3, -0.25) is 4.90 Å². The van der Waals surface area contributed by atoms with E-state index in [1.54, 1.807) is 12.1 Å². The molecule has 0 unspecified atom stereocenters. The van der Waals surface area contributed by atoms with Crippen LogP contribution in [0.3, 0.4) is 0 Å². The zero-order chi connectivity index (χ0) is 26.8. The number of amides is 1. The Kier molecular flexibility index (Phi) is 8.50. The van der Waals surface area contributed by atoms with Crippen LogP contribution in [0.2, 0.25) is 0 Å². The summed E-state index contributed by atoms with van der Waals surface area (Å²) in [5, 5.41) is 3.57. The van der Waals surface area contributed by atoms with E-state index in [1.165, 1.54) is 0 Å². The molecule has 0 bridgehead atoms. The van der Waals surface area contributed by atoms with E-state index in [2.05, 4.69) is 10.2 Å². The van der Waals surface area contributed by atoms with Crippen LogP contribution in [-0.2, 0) is 22.2 Å². The van der Waals surface area contributed by atoms with Crippen molar-refractivity contribution in [1.82, 2.24) is 15.1 Å². The van der Waals surface area contributed by atoms with Crippen molar-refractivity contribution >= 4 is 23.3 Å². The highest BCUT2D eigenvalue weighted by molar-refractivity contribution is 7.80. The second kappa shape index (κ2) is 11.7. The minimum atomic E-state index is -4.32. The second-order valence-corrected chi connectivity index (χ2v) is 12.0. The van der Waals surface area contributed by atoms with Gasteiger partial charge in [-0.2, -0.15) is 13.2 Å². The maximum absolute atomic E-state index is 12.8. The molecule has 210 valence electrons. The Labute approximate surface area is 228 Å². The zero-order valence-electron chi connectivity index (χ0n) is 21.8. The van der Waals surface area contributed by atoms with Crippen molar-refractivity contribution in [3.8, 4) is 0 Å². The van der Waals surface area contributed by atoms with Crippen LogP contribution in [0.5, 0.6) is 0 Å². The average molecular weight is 554 g/mol. The van der Waals surface area contributed by atoms with Crippen LogP contribution in [-0.4, -0.2) is 71.9 Å². The smallest absolute Gasteiger partial charge is 0.416 e. The number of hydrogen-bond acceptors (Lipinski definition) is 5. The highest BCUT2D eigenvalue weighted by Gasteiger charge is 2.47. The van der Waals surface area contributed by atoms with Gasteiger partial charge in [0.25, 0.3) is 0 Å². The van der Waals surface area contributed by atoms with Crippen molar-refractivity contribution in [3.63, 3.8) is 0 Å². The van der Waals surface area contributed by atoms with Crippen molar-refractivity contribution < 1.29 is 27.4 Å². The normalized spacial score (nSPS) is 26.9. The molecule has 3 heterocycles. The zero-order valence-corrected chi connectivity index (χ0v) is 22.6. The third kappa shape index (κ3) is 6.80. The molecule has 10 heteroatoms. The number of likely N-dealkylation sites (tertiary alicyclic amines) is 1. The Hall–Kier alpha value is -1.91. The Bertz CT molecular complexity index is 968. The Morgan fingerprint density at radius 3 is 2.32 bits per heavy atom. The van der Waals surface area contributed by atoms with Gasteiger partial charge in [0.05, 0.1) is 17.1 Å². The quantitative estimate of drug-likeness (QED) is 0.477. The van der Waals surface area contributed by atoms with Crippen LogP contribution >= 0.6 is 12.2 Å². The molecule has 38 heavy (non-hydrogen) atoms. The fraction of sp³-hybridized carbons (Fsp3) is 0.714. The fourth-order valence-electron chi connectivity index (χ4n) is 6.35. The Morgan fingerprint density at radius 2 is 1.68 bits per heavy atom. The predicted octanol–water partition coefficient (Wildman–Crippen LogP) is 5.39. The van der Waals surface area contributed by atoms with E-state index in [4.69, 9.17) is 21.7 Å². The molecule has 1 aromatic carbocycles. The first-order valence-corrected chi connectivity index (χ1v) is 14.3. The lowest BCUT2D eigenvalue weighted by molar-refractivity contribution is -0.137. The first kappa shape index (κ1) is 27.6. The van der Waals surface area contributed by atoms with Gasteiger partial charge in [-0.05, 0) is 62.1 Å². The summed E-state index contributed by atoms with van der Waals surface area (Å²) in [5.41, 5.74) is -0.211. The molecule has 4 aliphatic rings. The molecule has 4 fully saturated rings. The Balaban J connectivity index is 1.04.